The first-order valence-electron chi connectivity index (χ1n) is 5.67. The number of nitrogens with zero attached hydrogens (tertiary/aromatic N) is 1. The van der Waals surface area contributed by atoms with Crippen molar-refractivity contribution in [3.05, 3.63) is 29.6 Å². The Bertz CT molecular complexity index is 759. The Morgan fingerprint density at radius 3 is 2.33 bits per heavy atom. The second kappa shape index (κ2) is 6.08. The third-order valence-corrected chi connectivity index (χ3v) is 4.52. The fourth-order valence-electron chi connectivity index (χ4n) is 1.53. The van der Waals surface area contributed by atoms with E-state index in [4.69, 9.17) is 5.14 Å². The molecule has 1 aromatic rings. The van der Waals surface area contributed by atoms with Crippen LogP contribution < -0.4 is 5.14 Å². The monoisotopic (exact) mass is 338 g/mol. The summed E-state index contributed by atoms with van der Waals surface area (Å²) in [6, 6.07) is 2.51. The van der Waals surface area contributed by atoms with Crippen molar-refractivity contribution < 1.29 is 26.0 Å². The van der Waals surface area contributed by atoms with Gasteiger partial charge in [0.05, 0.1) is 16.2 Å². The Morgan fingerprint density at radius 2 is 1.86 bits per heavy atom. The standard InChI is InChI=1S/C11H15FN2O5S2/c1-14(5-6-20(2,16)17)11(15)9-7-8(12)3-4-10(9)21(13,18)19/h3-4,7H,5-6H2,1-2H3,(H2,13,18,19). The Hall–Kier alpha value is -1.52. The van der Waals surface area contributed by atoms with Crippen LogP contribution in [0.1, 0.15) is 10.4 Å². The molecule has 0 saturated heterocycles. The molecular formula is C11H15FN2O5S2. The van der Waals surface area contributed by atoms with Gasteiger partial charge in [-0.25, -0.2) is 26.4 Å². The smallest absolute Gasteiger partial charge is 0.255 e. The van der Waals surface area contributed by atoms with E-state index in [-0.39, 0.29) is 12.3 Å². The van der Waals surface area contributed by atoms with Gasteiger partial charge < -0.3 is 4.90 Å². The first kappa shape index (κ1) is 17.5. The second-order valence-corrected chi connectivity index (χ2v) is 8.33. The summed E-state index contributed by atoms with van der Waals surface area (Å²) in [5.41, 5.74) is -0.437. The first-order valence-corrected chi connectivity index (χ1v) is 9.28. The molecule has 0 aliphatic carbocycles. The van der Waals surface area contributed by atoms with Gasteiger partial charge in [-0.3, -0.25) is 4.79 Å². The van der Waals surface area contributed by atoms with Gasteiger partial charge in [-0.15, -0.1) is 0 Å². The molecule has 0 fully saturated rings. The Morgan fingerprint density at radius 1 is 1.29 bits per heavy atom. The molecule has 0 saturated carbocycles. The lowest BCUT2D eigenvalue weighted by Crippen LogP contribution is -2.33. The van der Waals surface area contributed by atoms with E-state index in [1.165, 1.54) is 7.05 Å². The average Bonchev–Trinajstić information content (AvgIpc) is 2.32. The Labute approximate surface area is 122 Å². The maximum Gasteiger partial charge on any atom is 0.255 e. The molecule has 1 aromatic carbocycles. The molecule has 118 valence electrons. The summed E-state index contributed by atoms with van der Waals surface area (Å²) in [5, 5.41) is 4.97. The number of rotatable bonds is 5. The van der Waals surface area contributed by atoms with Crippen LogP contribution >= 0.6 is 0 Å². The van der Waals surface area contributed by atoms with E-state index < -0.39 is 42.0 Å². The first-order chi connectivity index (χ1) is 9.42. The van der Waals surface area contributed by atoms with Gasteiger partial charge in [-0.1, -0.05) is 0 Å². The van der Waals surface area contributed by atoms with Crippen molar-refractivity contribution in [2.24, 2.45) is 5.14 Å². The molecule has 0 radical (unpaired) electrons. The van der Waals surface area contributed by atoms with Gasteiger partial charge in [0.15, 0.2) is 0 Å². The maximum absolute atomic E-state index is 13.2. The molecule has 1 rings (SSSR count). The molecule has 0 bridgehead atoms. The van der Waals surface area contributed by atoms with Crippen molar-refractivity contribution in [2.75, 3.05) is 25.6 Å². The van der Waals surface area contributed by atoms with Crippen molar-refractivity contribution in [2.45, 2.75) is 4.90 Å². The van der Waals surface area contributed by atoms with Gasteiger partial charge in [0.2, 0.25) is 10.0 Å². The average molecular weight is 338 g/mol. The topological polar surface area (TPSA) is 115 Å². The quantitative estimate of drug-likeness (QED) is 0.784. The maximum atomic E-state index is 13.2. The highest BCUT2D eigenvalue weighted by Crippen LogP contribution is 2.17. The van der Waals surface area contributed by atoms with Gasteiger partial charge in [-0.05, 0) is 18.2 Å². The van der Waals surface area contributed by atoms with Gasteiger partial charge in [-0.2, -0.15) is 0 Å². The van der Waals surface area contributed by atoms with Crippen LogP contribution in [0.5, 0.6) is 0 Å². The van der Waals surface area contributed by atoms with Crippen molar-refractivity contribution in [1.82, 2.24) is 4.90 Å². The van der Waals surface area contributed by atoms with Crippen LogP contribution in [0.3, 0.4) is 0 Å². The zero-order valence-electron chi connectivity index (χ0n) is 11.4. The highest BCUT2D eigenvalue weighted by atomic mass is 32.2. The largest absolute Gasteiger partial charge is 0.341 e. The minimum Gasteiger partial charge on any atom is -0.341 e. The summed E-state index contributed by atoms with van der Waals surface area (Å²) in [5.74, 6) is -1.93. The summed E-state index contributed by atoms with van der Waals surface area (Å²) in [6.45, 7) is -0.155. The van der Waals surface area contributed by atoms with Crippen molar-refractivity contribution in [3.8, 4) is 0 Å². The molecule has 10 heteroatoms. The highest BCUT2D eigenvalue weighted by Gasteiger charge is 2.23. The number of primary sulfonamides is 1. The molecule has 0 heterocycles. The molecule has 0 aromatic heterocycles. The van der Waals surface area contributed by atoms with Crippen LogP contribution in [0.25, 0.3) is 0 Å². The fourth-order valence-corrected chi connectivity index (χ4v) is 2.84. The minimum atomic E-state index is -4.20. The number of benzene rings is 1. The molecule has 2 N–H and O–H groups in total. The molecule has 1 amide bonds. The summed E-state index contributed by atoms with van der Waals surface area (Å²) in [4.78, 5) is 12.6. The predicted molar refractivity (Wildman–Crippen MR) is 74.4 cm³/mol. The number of sulfone groups is 1. The number of carbonyl (C=O) groups is 1. The highest BCUT2D eigenvalue weighted by molar-refractivity contribution is 7.90. The van der Waals surface area contributed by atoms with Crippen LogP contribution in [0, 0.1) is 5.82 Å². The summed E-state index contributed by atoms with van der Waals surface area (Å²) >= 11 is 0. The van der Waals surface area contributed by atoms with E-state index in [1.807, 2.05) is 0 Å². The van der Waals surface area contributed by atoms with E-state index in [2.05, 4.69) is 0 Å². The number of hydrogen-bond acceptors (Lipinski definition) is 5. The van der Waals surface area contributed by atoms with Crippen molar-refractivity contribution in [1.29, 1.82) is 0 Å². The van der Waals surface area contributed by atoms with Crippen LogP contribution in [0.4, 0.5) is 4.39 Å². The van der Waals surface area contributed by atoms with Crippen LogP contribution in [0.15, 0.2) is 23.1 Å². The number of nitrogens with two attached hydrogens (primary N) is 1. The summed E-state index contributed by atoms with van der Waals surface area (Å²) in [7, 11) is -6.21. The Kier molecular flexibility index (Phi) is 5.07. The normalized spacial score (nSPS) is 12.2. The number of carbonyl (C=O) groups excluding carboxylic acids is 1. The lowest BCUT2D eigenvalue weighted by molar-refractivity contribution is 0.0799. The van der Waals surface area contributed by atoms with Crippen molar-refractivity contribution >= 4 is 25.8 Å². The number of sulfonamides is 1. The van der Waals surface area contributed by atoms with Crippen LogP contribution in [0.2, 0.25) is 0 Å². The van der Waals surface area contributed by atoms with Gasteiger partial charge in [0, 0.05) is 19.8 Å². The molecule has 0 atom stereocenters. The molecule has 0 spiro atoms. The summed E-state index contributed by atoms with van der Waals surface area (Å²) < 4.78 is 58.2. The number of amides is 1. The molecule has 0 aliphatic heterocycles. The SMILES string of the molecule is CN(CCS(C)(=O)=O)C(=O)c1cc(F)ccc1S(N)(=O)=O. The predicted octanol–water partition coefficient (Wildman–Crippen LogP) is -0.410. The number of halogens is 1. The van der Waals surface area contributed by atoms with E-state index in [0.29, 0.717) is 0 Å². The third-order valence-electron chi connectivity index (χ3n) is 2.62. The molecule has 0 aliphatic rings. The zero-order valence-corrected chi connectivity index (χ0v) is 13.0. The number of hydrogen-bond donors (Lipinski definition) is 1. The lowest BCUT2D eigenvalue weighted by atomic mass is 10.2. The van der Waals surface area contributed by atoms with Gasteiger partial charge >= 0.3 is 0 Å². The third kappa shape index (κ3) is 5.06. The molecule has 0 unspecified atom stereocenters. The van der Waals surface area contributed by atoms with E-state index in [0.717, 1.165) is 29.4 Å². The van der Waals surface area contributed by atoms with Crippen molar-refractivity contribution in [3.63, 3.8) is 0 Å². The Balaban J connectivity index is 3.15. The molecular weight excluding hydrogens is 323 g/mol. The van der Waals surface area contributed by atoms with Crippen LogP contribution in [-0.4, -0.2) is 53.2 Å². The second-order valence-electron chi connectivity index (χ2n) is 4.54. The van der Waals surface area contributed by atoms with Crippen LogP contribution in [-0.2, 0) is 19.9 Å². The van der Waals surface area contributed by atoms with E-state index in [9.17, 15) is 26.0 Å². The summed E-state index contributed by atoms with van der Waals surface area (Å²) in [6.07, 6.45) is 1.00. The zero-order chi connectivity index (χ0) is 16.4. The van der Waals surface area contributed by atoms with E-state index >= 15 is 0 Å². The van der Waals surface area contributed by atoms with E-state index in [1.54, 1.807) is 0 Å². The van der Waals surface area contributed by atoms with Gasteiger partial charge in [0.1, 0.15) is 15.7 Å². The minimum absolute atomic E-state index is 0.155. The molecule has 7 nitrogen and oxygen atoms in total. The van der Waals surface area contributed by atoms with Gasteiger partial charge in [0.25, 0.3) is 5.91 Å². The fraction of sp³-hybridized carbons (Fsp3) is 0.364. The molecule has 21 heavy (non-hydrogen) atoms. The lowest BCUT2D eigenvalue weighted by Gasteiger charge is -2.18.